The van der Waals surface area contributed by atoms with E-state index in [0.29, 0.717) is 18.8 Å². The number of hydrogen-bond donors (Lipinski definition) is 1. The number of hydrogen-bond acceptors (Lipinski definition) is 2. The zero-order valence-electron chi connectivity index (χ0n) is 9.58. The van der Waals surface area contributed by atoms with Gasteiger partial charge in [0.25, 0.3) is 0 Å². The van der Waals surface area contributed by atoms with Crippen LogP contribution < -0.4 is 0 Å². The first-order valence-corrected chi connectivity index (χ1v) is 5.29. The monoisotopic (exact) mass is 206 g/mol. The lowest BCUT2D eigenvalue weighted by Gasteiger charge is -2.05. The zero-order chi connectivity index (χ0) is 11.4. The van der Waals surface area contributed by atoms with Gasteiger partial charge in [-0.05, 0) is 30.0 Å². The van der Waals surface area contributed by atoms with Gasteiger partial charge in [-0.2, -0.15) is 0 Å². The molecule has 0 aliphatic rings. The number of Topliss-reactive ketones (excluding diaryl/α,β-unsaturated/α-hetero) is 1. The molecule has 0 heterocycles. The van der Waals surface area contributed by atoms with E-state index in [1.54, 1.807) is 12.1 Å². The van der Waals surface area contributed by atoms with Crippen molar-refractivity contribution < 1.29 is 9.90 Å². The van der Waals surface area contributed by atoms with E-state index in [9.17, 15) is 9.90 Å². The first-order chi connectivity index (χ1) is 6.99. The molecule has 2 nitrogen and oxygen atoms in total. The second-order valence-corrected chi connectivity index (χ2v) is 4.43. The summed E-state index contributed by atoms with van der Waals surface area (Å²) in [6.07, 6.45) is 1.10. The summed E-state index contributed by atoms with van der Waals surface area (Å²) in [5.41, 5.74) is 1.81. The fourth-order valence-corrected chi connectivity index (χ4v) is 1.58. The summed E-state index contributed by atoms with van der Waals surface area (Å²) in [6.45, 7) is 5.92. The van der Waals surface area contributed by atoms with Crippen molar-refractivity contribution in [3.05, 3.63) is 29.3 Å². The predicted octanol–water partition coefficient (Wildman–Crippen LogP) is 2.86. The van der Waals surface area contributed by atoms with E-state index in [1.165, 1.54) is 0 Å². The molecule has 0 radical (unpaired) electrons. The van der Waals surface area contributed by atoms with Crippen LogP contribution >= 0.6 is 0 Å². The van der Waals surface area contributed by atoms with Gasteiger partial charge in [0, 0.05) is 12.8 Å². The first kappa shape index (κ1) is 11.8. The van der Waals surface area contributed by atoms with E-state index >= 15 is 0 Å². The van der Waals surface area contributed by atoms with Gasteiger partial charge in [-0.1, -0.05) is 26.0 Å². The molecule has 1 aromatic carbocycles. The van der Waals surface area contributed by atoms with Crippen molar-refractivity contribution in [1.29, 1.82) is 0 Å². The molecule has 0 aromatic heterocycles. The maximum atomic E-state index is 11.6. The van der Waals surface area contributed by atoms with Gasteiger partial charge in [0.2, 0.25) is 0 Å². The highest BCUT2D eigenvalue weighted by Crippen LogP contribution is 2.18. The Kier molecular flexibility index (Phi) is 3.89. The van der Waals surface area contributed by atoms with Crippen molar-refractivity contribution in [2.45, 2.75) is 33.6 Å². The zero-order valence-corrected chi connectivity index (χ0v) is 9.58. The summed E-state index contributed by atoms with van der Waals surface area (Å²) in [4.78, 5) is 11.6. The number of aromatic hydroxyl groups is 1. The summed E-state index contributed by atoms with van der Waals surface area (Å²) in [7, 11) is 0. The van der Waals surface area contributed by atoms with Crippen LogP contribution in [0.3, 0.4) is 0 Å². The van der Waals surface area contributed by atoms with E-state index in [1.807, 2.05) is 26.8 Å². The molecule has 0 amide bonds. The van der Waals surface area contributed by atoms with Crippen molar-refractivity contribution in [3.63, 3.8) is 0 Å². The molecule has 1 rings (SSSR count). The molecule has 1 aromatic rings. The molecule has 0 aliphatic heterocycles. The second-order valence-electron chi connectivity index (χ2n) is 4.43. The highest BCUT2D eigenvalue weighted by atomic mass is 16.3. The normalized spacial score (nSPS) is 10.7. The Labute approximate surface area is 90.9 Å². The van der Waals surface area contributed by atoms with Crippen LogP contribution in [0.1, 0.15) is 31.4 Å². The summed E-state index contributed by atoms with van der Waals surface area (Å²) < 4.78 is 0. The Morgan fingerprint density at radius 1 is 1.40 bits per heavy atom. The van der Waals surface area contributed by atoms with Gasteiger partial charge in [-0.3, -0.25) is 4.79 Å². The van der Waals surface area contributed by atoms with E-state index in [4.69, 9.17) is 0 Å². The minimum absolute atomic E-state index is 0.259. The Hall–Kier alpha value is -1.31. The highest BCUT2D eigenvalue weighted by molar-refractivity contribution is 5.81. The number of phenolic OH excluding ortho intramolecular Hbond substituents is 1. The standard InChI is InChI=1S/C13H18O2/c1-9(2)6-12(14)8-11-4-5-13(15)10(3)7-11/h4-5,7,9,15H,6,8H2,1-3H3. The number of ketones is 1. The molecule has 2 heteroatoms. The molecular weight excluding hydrogens is 188 g/mol. The molecule has 0 bridgehead atoms. The van der Waals surface area contributed by atoms with Crippen LogP contribution in [-0.4, -0.2) is 10.9 Å². The van der Waals surface area contributed by atoms with Gasteiger partial charge in [-0.15, -0.1) is 0 Å². The van der Waals surface area contributed by atoms with Crippen molar-refractivity contribution in [1.82, 2.24) is 0 Å². The van der Waals surface area contributed by atoms with Crippen LogP contribution in [-0.2, 0) is 11.2 Å². The Balaban J connectivity index is 2.65. The van der Waals surface area contributed by atoms with Crippen molar-refractivity contribution in [2.75, 3.05) is 0 Å². The molecule has 82 valence electrons. The van der Waals surface area contributed by atoms with Crippen LogP contribution in [0.2, 0.25) is 0 Å². The van der Waals surface area contributed by atoms with Crippen molar-refractivity contribution >= 4 is 5.78 Å². The second kappa shape index (κ2) is 4.96. The maximum Gasteiger partial charge on any atom is 0.137 e. The smallest absolute Gasteiger partial charge is 0.137 e. The number of rotatable bonds is 4. The topological polar surface area (TPSA) is 37.3 Å². The van der Waals surface area contributed by atoms with Crippen LogP contribution in [0.15, 0.2) is 18.2 Å². The largest absolute Gasteiger partial charge is 0.508 e. The molecule has 0 unspecified atom stereocenters. The molecule has 0 fully saturated rings. The van der Waals surface area contributed by atoms with E-state index in [-0.39, 0.29) is 11.5 Å². The third kappa shape index (κ3) is 3.74. The Bertz CT molecular complexity index is 354. The summed E-state index contributed by atoms with van der Waals surface area (Å²) in [5, 5.41) is 9.34. The van der Waals surface area contributed by atoms with E-state index in [2.05, 4.69) is 0 Å². The van der Waals surface area contributed by atoms with Gasteiger partial charge in [0.05, 0.1) is 0 Å². The van der Waals surface area contributed by atoms with Crippen LogP contribution in [0, 0.1) is 12.8 Å². The Morgan fingerprint density at radius 3 is 2.60 bits per heavy atom. The SMILES string of the molecule is Cc1cc(CC(=O)CC(C)C)ccc1O. The lowest BCUT2D eigenvalue weighted by atomic mass is 10.00. The number of phenols is 1. The Morgan fingerprint density at radius 2 is 2.07 bits per heavy atom. The molecular formula is C13H18O2. The fourth-order valence-electron chi connectivity index (χ4n) is 1.58. The third-order valence-corrected chi connectivity index (χ3v) is 2.30. The molecule has 15 heavy (non-hydrogen) atoms. The summed E-state index contributed by atoms with van der Waals surface area (Å²) in [5.74, 6) is 0.959. The van der Waals surface area contributed by atoms with Gasteiger partial charge in [-0.25, -0.2) is 0 Å². The van der Waals surface area contributed by atoms with Gasteiger partial charge in [0.1, 0.15) is 11.5 Å². The molecule has 1 N–H and O–H groups in total. The molecule has 0 saturated carbocycles. The van der Waals surface area contributed by atoms with Crippen molar-refractivity contribution in [3.8, 4) is 5.75 Å². The molecule has 0 aliphatic carbocycles. The number of carbonyl (C=O) groups excluding carboxylic acids is 1. The third-order valence-electron chi connectivity index (χ3n) is 2.30. The minimum atomic E-state index is 0.259. The lowest BCUT2D eigenvalue weighted by Crippen LogP contribution is -2.06. The molecule has 0 atom stereocenters. The summed E-state index contributed by atoms with van der Waals surface area (Å²) >= 11 is 0. The van der Waals surface area contributed by atoms with Gasteiger partial charge >= 0.3 is 0 Å². The number of aryl methyl sites for hydroxylation is 1. The van der Waals surface area contributed by atoms with E-state index < -0.39 is 0 Å². The fraction of sp³-hybridized carbons (Fsp3) is 0.462. The van der Waals surface area contributed by atoms with Crippen LogP contribution in [0.4, 0.5) is 0 Å². The minimum Gasteiger partial charge on any atom is -0.508 e. The quantitative estimate of drug-likeness (QED) is 0.822. The molecule has 0 saturated heterocycles. The highest BCUT2D eigenvalue weighted by Gasteiger charge is 2.07. The molecule has 0 spiro atoms. The van der Waals surface area contributed by atoms with Crippen molar-refractivity contribution in [2.24, 2.45) is 5.92 Å². The number of benzene rings is 1. The predicted molar refractivity (Wildman–Crippen MR) is 61.0 cm³/mol. The lowest BCUT2D eigenvalue weighted by molar-refractivity contribution is -0.119. The maximum absolute atomic E-state index is 11.6. The van der Waals surface area contributed by atoms with Crippen LogP contribution in [0.5, 0.6) is 5.75 Å². The number of carbonyl (C=O) groups is 1. The first-order valence-electron chi connectivity index (χ1n) is 5.29. The summed E-state index contributed by atoms with van der Waals surface area (Å²) in [6, 6.07) is 5.32. The van der Waals surface area contributed by atoms with E-state index in [0.717, 1.165) is 11.1 Å². The average molecular weight is 206 g/mol. The van der Waals surface area contributed by atoms with Crippen LogP contribution in [0.25, 0.3) is 0 Å². The van der Waals surface area contributed by atoms with Gasteiger partial charge in [0.15, 0.2) is 0 Å². The van der Waals surface area contributed by atoms with Gasteiger partial charge < -0.3 is 5.11 Å². The average Bonchev–Trinajstić information content (AvgIpc) is 2.10.